The molecule has 1 atom stereocenters. The summed E-state index contributed by atoms with van der Waals surface area (Å²) in [5.74, 6) is -0.223. The molecule has 0 amide bonds. The first kappa shape index (κ1) is 25.4. The smallest absolute Gasteiger partial charge is 0.416 e. The Balaban J connectivity index is 1.46. The van der Waals surface area contributed by atoms with E-state index in [0.717, 1.165) is 61.3 Å². The monoisotopic (exact) mass is 505 g/mol. The third-order valence-electron chi connectivity index (χ3n) is 6.19. The minimum atomic E-state index is -4.36. The Bertz CT molecular complexity index is 1160. The molecule has 5 nitrogen and oxygen atoms in total. The number of hydrogen-bond donors (Lipinski definition) is 0. The van der Waals surface area contributed by atoms with Gasteiger partial charge in [0, 0.05) is 32.2 Å². The van der Waals surface area contributed by atoms with Crippen molar-refractivity contribution in [3.05, 3.63) is 59.2 Å². The van der Waals surface area contributed by atoms with Gasteiger partial charge >= 0.3 is 12.1 Å². The Morgan fingerprint density at radius 1 is 1.14 bits per heavy atom. The number of carbonyl (C=O) groups is 1. The van der Waals surface area contributed by atoms with Gasteiger partial charge in [-0.3, -0.25) is 9.69 Å². The molecule has 0 N–H and O–H groups in total. The van der Waals surface area contributed by atoms with E-state index in [0.29, 0.717) is 16.8 Å². The number of thiazole rings is 1. The number of nitrogens with zero attached hydrogens (tertiary/aromatic N) is 3. The molecule has 0 radical (unpaired) electrons. The minimum Gasteiger partial charge on any atom is -0.466 e. The fourth-order valence-electron chi connectivity index (χ4n) is 4.58. The predicted molar refractivity (Wildman–Crippen MR) is 133 cm³/mol. The topological polar surface area (TPSA) is 45.7 Å². The molecule has 2 heterocycles. The van der Waals surface area contributed by atoms with E-state index in [1.165, 1.54) is 23.5 Å². The zero-order chi connectivity index (χ0) is 25.0. The van der Waals surface area contributed by atoms with Crippen LogP contribution in [0, 0.1) is 0 Å². The van der Waals surface area contributed by atoms with Crippen LogP contribution in [0.1, 0.15) is 43.4 Å². The van der Waals surface area contributed by atoms with Crippen LogP contribution >= 0.6 is 11.3 Å². The molecule has 1 fully saturated rings. The molecule has 188 valence electrons. The highest BCUT2D eigenvalue weighted by Crippen LogP contribution is 2.36. The lowest BCUT2D eigenvalue weighted by Gasteiger charge is -2.41. The van der Waals surface area contributed by atoms with Gasteiger partial charge in [0.05, 0.1) is 28.8 Å². The molecular formula is C26H30F3N3O2S. The first-order valence-electron chi connectivity index (χ1n) is 12.0. The Labute approximate surface area is 207 Å². The van der Waals surface area contributed by atoms with E-state index in [1.54, 1.807) is 6.92 Å². The van der Waals surface area contributed by atoms with Crippen molar-refractivity contribution in [2.75, 3.05) is 31.1 Å². The van der Waals surface area contributed by atoms with E-state index in [9.17, 15) is 18.0 Å². The van der Waals surface area contributed by atoms with Crippen LogP contribution in [0.5, 0.6) is 0 Å². The zero-order valence-electron chi connectivity index (χ0n) is 20.0. The second-order valence-corrected chi connectivity index (χ2v) is 9.86. The number of piperazine rings is 1. The first-order chi connectivity index (χ1) is 16.8. The number of halogens is 3. The van der Waals surface area contributed by atoms with Crippen molar-refractivity contribution in [2.24, 2.45) is 0 Å². The molecule has 9 heteroatoms. The Morgan fingerprint density at radius 3 is 2.69 bits per heavy atom. The van der Waals surface area contributed by atoms with Crippen LogP contribution in [0.3, 0.4) is 0 Å². The number of hydrogen-bond acceptors (Lipinski definition) is 6. The quantitative estimate of drug-likeness (QED) is 0.356. The van der Waals surface area contributed by atoms with Crippen molar-refractivity contribution in [2.45, 2.75) is 51.9 Å². The molecule has 0 spiro atoms. The lowest BCUT2D eigenvalue weighted by Crippen LogP contribution is -2.52. The standard InChI is InChI=1S/C26H30F3N3O2S/c1-3-6-21-17-31(16-19-8-5-7-18(13-19)14-24(33)34-4-2)11-12-32(21)25-30-22-10-9-20(26(27,28)29)15-23(22)35-25/h5,7-10,13,15,21H,3-4,6,11-12,14,16-17H2,1-2H3/t21-/m0/s1. The molecule has 1 aliphatic rings. The molecule has 3 aromatic rings. The molecule has 0 bridgehead atoms. The summed E-state index contributed by atoms with van der Waals surface area (Å²) in [5.41, 5.74) is 2.06. The second kappa shape index (κ2) is 11.0. The maximum atomic E-state index is 13.1. The number of esters is 1. The maximum absolute atomic E-state index is 13.1. The number of aromatic nitrogens is 1. The van der Waals surface area contributed by atoms with Crippen LogP contribution in [0.15, 0.2) is 42.5 Å². The summed E-state index contributed by atoms with van der Waals surface area (Å²) in [6.07, 6.45) is -2.11. The van der Waals surface area contributed by atoms with Gasteiger partial charge < -0.3 is 9.64 Å². The van der Waals surface area contributed by atoms with Crippen LogP contribution in [0.4, 0.5) is 18.3 Å². The number of ether oxygens (including phenoxy) is 1. The summed E-state index contributed by atoms with van der Waals surface area (Å²) < 4.78 is 45.0. The highest BCUT2D eigenvalue weighted by Gasteiger charge is 2.32. The van der Waals surface area contributed by atoms with E-state index >= 15 is 0 Å². The van der Waals surface area contributed by atoms with Gasteiger partial charge in [-0.15, -0.1) is 0 Å². The largest absolute Gasteiger partial charge is 0.466 e. The van der Waals surface area contributed by atoms with Crippen LogP contribution in [0.25, 0.3) is 10.2 Å². The van der Waals surface area contributed by atoms with Crippen molar-refractivity contribution in [1.82, 2.24) is 9.88 Å². The Morgan fingerprint density at radius 2 is 1.94 bits per heavy atom. The van der Waals surface area contributed by atoms with Gasteiger partial charge in [-0.2, -0.15) is 13.2 Å². The molecule has 2 aromatic carbocycles. The highest BCUT2D eigenvalue weighted by atomic mass is 32.1. The van der Waals surface area contributed by atoms with Gasteiger partial charge in [0.25, 0.3) is 0 Å². The molecule has 0 saturated carbocycles. The van der Waals surface area contributed by atoms with Crippen molar-refractivity contribution in [3.8, 4) is 0 Å². The lowest BCUT2D eigenvalue weighted by atomic mass is 10.0. The Kier molecular flexibility index (Phi) is 7.96. The summed E-state index contributed by atoms with van der Waals surface area (Å²) >= 11 is 1.33. The molecule has 4 rings (SSSR count). The molecule has 1 aromatic heterocycles. The number of carbonyl (C=O) groups excluding carboxylic acids is 1. The van der Waals surface area contributed by atoms with Crippen LogP contribution in [-0.2, 0) is 28.7 Å². The van der Waals surface area contributed by atoms with Crippen LogP contribution in [-0.4, -0.2) is 48.1 Å². The number of benzene rings is 2. The second-order valence-electron chi connectivity index (χ2n) is 8.85. The number of anilines is 1. The summed E-state index contributed by atoms with van der Waals surface area (Å²) in [5, 5.41) is 0.786. The fourth-order valence-corrected chi connectivity index (χ4v) is 5.68. The first-order valence-corrected chi connectivity index (χ1v) is 12.8. The molecule has 0 aliphatic carbocycles. The normalized spacial score (nSPS) is 17.2. The molecule has 35 heavy (non-hydrogen) atoms. The van der Waals surface area contributed by atoms with Gasteiger partial charge in [-0.05, 0) is 42.7 Å². The maximum Gasteiger partial charge on any atom is 0.416 e. The van der Waals surface area contributed by atoms with Crippen molar-refractivity contribution < 1.29 is 22.7 Å². The molecular weight excluding hydrogens is 475 g/mol. The Hall–Kier alpha value is -2.65. The van der Waals surface area contributed by atoms with Gasteiger partial charge in [0.15, 0.2) is 5.13 Å². The molecule has 0 unspecified atom stereocenters. The van der Waals surface area contributed by atoms with Crippen molar-refractivity contribution >= 4 is 32.7 Å². The summed E-state index contributed by atoms with van der Waals surface area (Å²) in [4.78, 5) is 21.2. The number of rotatable bonds is 8. The van der Waals surface area contributed by atoms with Gasteiger partial charge in [0.1, 0.15) is 0 Å². The minimum absolute atomic E-state index is 0.223. The number of fused-ring (bicyclic) bond motifs is 1. The van der Waals surface area contributed by atoms with Gasteiger partial charge in [-0.25, -0.2) is 4.98 Å². The van der Waals surface area contributed by atoms with E-state index in [-0.39, 0.29) is 18.4 Å². The van der Waals surface area contributed by atoms with Crippen molar-refractivity contribution in [3.63, 3.8) is 0 Å². The zero-order valence-corrected chi connectivity index (χ0v) is 20.8. The SMILES string of the molecule is CCC[C@H]1CN(Cc2cccc(CC(=O)OCC)c2)CCN1c1nc2ccc(C(F)(F)F)cc2s1. The average Bonchev–Trinajstić information content (AvgIpc) is 3.22. The average molecular weight is 506 g/mol. The van der Waals surface area contributed by atoms with E-state index in [1.807, 2.05) is 12.1 Å². The van der Waals surface area contributed by atoms with Crippen LogP contribution in [0.2, 0.25) is 0 Å². The van der Waals surface area contributed by atoms with E-state index in [2.05, 4.69) is 33.8 Å². The molecule has 1 aliphatic heterocycles. The fraction of sp³-hybridized carbons (Fsp3) is 0.462. The molecule has 1 saturated heterocycles. The lowest BCUT2D eigenvalue weighted by molar-refractivity contribution is -0.142. The van der Waals surface area contributed by atoms with E-state index < -0.39 is 11.7 Å². The summed E-state index contributed by atoms with van der Waals surface area (Å²) in [7, 11) is 0. The van der Waals surface area contributed by atoms with Gasteiger partial charge in [-0.1, -0.05) is 48.9 Å². The third-order valence-corrected chi connectivity index (χ3v) is 7.25. The van der Waals surface area contributed by atoms with E-state index in [4.69, 9.17) is 4.74 Å². The van der Waals surface area contributed by atoms with Crippen LogP contribution < -0.4 is 4.90 Å². The summed E-state index contributed by atoms with van der Waals surface area (Å²) in [6.45, 7) is 7.53. The van der Waals surface area contributed by atoms with Crippen molar-refractivity contribution in [1.29, 1.82) is 0 Å². The summed E-state index contributed by atoms with van der Waals surface area (Å²) in [6, 6.07) is 12.0. The predicted octanol–water partition coefficient (Wildman–Crippen LogP) is 5.91. The third kappa shape index (κ3) is 6.32. The highest BCUT2D eigenvalue weighted by molar-refractivity contribution is 7.22. The number of alkyl halides is 3. The van der Waals surface area contributed by atoms with Gasteiger partial charge in [0.2, 0.25) is 0 Å².